The lowest BCUT2D eigenvalue weighted by atomic mass is 10.1. The van der Waals surface area contributed by atoms with Crippen molar-refractivity contribution < 1.29 is 4.74 Å². The van der Waals surface area contributed by atoms with Gasteiger partial charge in [-0.2, -0.15) is 0 Å². The van der Waals surface area contributed by atoms with E-state index in [0.29, 0.717) is 6.61 Å². The third kappa shape index (κ3) is 4.26. The molecule has 0 aliphatic carbocycles. The summed E-state index contributed by atoms with van der Waals surface area (Å²) in [4.78, 5) is 4.37. The van der Waals surface area contributed by atoms with Crippen molar-refractivity contribution in [3.63, 3.8) is 0 Å². The van der Waals surface area contributed by atoms with Crippen molar-refractivity contribution in [2.24, 2.45) is 4.99 Å². The number of ether oxygens (including phenoxy) is 1. The van der Waals surface area contributed by atoms with Gasteiger partial charge in [0, 0.05) is 6.20 Å². The highest BCUT2D eigenvalue weighted by Crippen LogP contribution is 2.12. The Bertz CT molecular complexity index is 298. The molecule has 0 saturated carbocycles. The van der Waals surface area contributed by atoms with Gasteiger partial charge in [0.05, 0.1) is 18.9 Å². The summed E-state index contributed by atoms with van der Waals surface area (Å²) in [6.45, 7) is 5.54. The molecule has 1 rings (SSSR count). The average Bonchev–Trinajstić information content (AvgIpc) is 2.28. The van der Waals surface area contributed by atoms with Gasteiger partial charge in [0.25, 0.3) is 0 Å². The zero-order valence-electron chi connectivity index (χ0n) is 9.57. The zero-order chi connectivity index (χ0) is 10.9. The van der Waals surface area contributed by atoms with Gasteiger partial charge in [-0.3, -0.25) is 4.99 Å². The molecule has 0 radical (unpaired) electrons. The second-order valence-electron chi connectivity index (χ2n) is 3.39. The Hall–Kier alpha value is -1.15. The first-order valence-electron chi connectivity index (χ1n) is 5.50. The molecule has 0 atom stereocenters. The fourth-order valence-corrected chi connectivity index (χ4v) is 1.37. The summed E-state index contributed by atoms with van der Waals surface area (Å²) < 4.78 is 5.39. The Balaban J connectivity index is 2.73. The lowest BCUT2D eigenvalue weighted by molar-refractivity contribution is 0.166. The van der Waals surface area contributed by atoms with Crippen molar-refractivity contribution in [1.82, 2.24) is 0 Å². The van der Waals surface area contributed by atoms with Crippen LogP contribution in [0, 0.1) is 0 Å². The van der Waals surface area contributed by atoms with Crippen molar-refractivity contribution in [1.29, 1.82) is 0 Å². The van der Waals surface area contributed by atoms with Crippen LogP contribution in [0.4, 0.5) is 0 Å². The average molecular weight is 205 g/mol. The molecule has 15 heavy (non-hydrogen) atoms. The normalized spacial score (nSPS) is 23.6. The molecule has 1 fully saturated rings. The minimum absolute atomic E-state index is 0.635. The summed E-state index contributed by atoms with van der Waals surface area (Å²) in [6, 6.07) is 0. The second-order valence-corrected chi connectivity index (χ2v) is 3.39. The van der Waals surface area contributed by atoms with Crippen molar-refractivity contribution >= 4 is 5.71 Å². The lowest BCUT2D eigenvalue weighted by Crippen LogP contribution is -2.19. The molecule has 1 aliphatic heterocycles. The third-order valence-electron chi connectivity index (χ3n) is 2.17. The first-order valence-corrected chi connectivity index (χ1v) is 5.50. The maximum atomic E-state index is 5.39. The van der Waals surface area contributed by atoms with Crippen molar-refractivity contribution in [2.75, 3.05) is 13.2 Å². The Morgan fingerprint density at radius 1 is 1.47 bits per heavy atom. The van der Waals surface area contributed by atoms with E-state index < -0.39 is 0 Å². The van der Waals surface area contributed by atoms with E-state index >= 15 is 0 Å². The summed E-state index contributed by atoms with van der Waals surface area (Å²) in [5.74, 6) is 0. The summed E-state index contributed by atoms with van der Waals surface area (Å²) in [5, 5.41) is 0. The van der Waals surface area contributed by atoms with Gasteiger partial charge in [-0.05, 0) is 25.3 Å². The first-order chi connectivity index (χ1) is 7.38. The molecule has 1 aliphatic rings. The number of allylic oxidation sites excluding steroid dienone is 4. The summed E-state index contributed by atoms with van der Waals surface area (Å²) >= 11 is 0. The van der Waals surface area contributed by atoms with Gasteiger partial charge in [0.2, 0.25) is 0 Å². The minimum atomic E-state index is 0.635. The van der Waals surface area contributed by atoms with Gasteiger partial charge in [-0.25, -0.2) is 0 Å². The molecular formula is C13H19NO. The van der Waals surface area contributed by atoms with Gasteiger partial charge in [-0.1, -0.05) is 31.2 Å². The predicted molar refractivity (Wildman–Crippen MR) is 65.2 cm³/mol. The number of rotatable bonds is 3. The van der Waals surface area contributed by atoms with E-state index in [2.05, 4.69) is 30.1 Å². The summed E-state index contributed by atoms with van der Waals surface area (Å²) in [7, 11) is 0. The van der Waals surface area contributed by atoms with Gasteiger partial charge in [0.1, 0.15) is 0 Å². The van der Waals surface area contributed by atoms with Crippen LogP contribution in [-0.2, 0) is 4.74 Å². The molecule has 0 aromatic heterocycles. The molecule has 0 aromatic rings. The van der Waals surface area contributed by atoms with E-state index in [-0.39, 0.29) is 0 Å². The molecule has 0 spiro atoms. The third-order valence-corrected chi connectivity index (χ3v) is 2.17. The van der Waals surface area contributed by atoms with E-state index in [1.807, 2.05) is 19.2 Å². The maximum absolute atomic E-state index is 5.39. The van der Waals surface area contributed by atoms with Crippen LogP contribution in [0.3, 0.4) is 0 Å². The predicted octanol–water partition coefficient (Wildman–Crippen LogP) is 3.27. The second kappa shape index (κ2) is 7.18. The molecule has 0 bridgehead atoms. The Morgan fingerprint density at radius 3 is 3.07 bits per heavy atom. The maximum Gasteiger partial charge on any atom is 0.0890 e. The van der Waals surface area contributed by atoms with Crippen molar-refractivity contribution in [2.45, 2.75) is 26.7 Å². The Morgan fingerprint density at radius 2 is 2.33 bits per heavy atom. The van der Waals surface area contributed by atoms with Crippen molar-refractivity contribution in [3.8, 4) is 0 Å². The van der Waals surface area contributed by atoms with Crippen LogP contribution >= 0.6 is 0 Å². The monoisotopic (exact) mass is 205 g/mol. The van der Waals surface area contributed by atoms with Gasteiger partial charge in [0.15, 0.2) is 0 Å². The van der Waals surface area contributed by atoms with E-state index in [1.54, 1.807) is 0 Å². The Kier molecular flexibility index (Phi) is 5.71. The molecule has 82 valence electrons. The highest BCUT2D eigenvalue weighted by Gasteiger charge is 2.11. The molecule has 2 heteroatoms. The van der Waals surface area contributed by atoms with Crippen LogP contribution in [0.25, 0.3) is 0 Å². The summed E-state index contributed by atoms with van der Waals surface area (Å²) in [6.07, 6.45) is 12.2. The highest BCUT2D eigenvalue weighted by molar-refractivity contribution is 6.02. The highest BCUT2D eigenvalue weighted by atomic mass is 16.5. The summed E-state index contributed by atoms with van der Waals surface area (Å²) in [5.41, 5.74) is 2.35. The van der Waals surface area contributed by atoms with Gasteiger partial charge >= 0.3 is 0 Å². The SMILES string of the molecule is C\C=C/N=C1/COCC/C1=C/C=C/CC. The van der Waals surface area contributed by atoms with Gasteiger partial charge in [-0.15, -0.1) is 0 Å². The molecule has 0 N–H and O–H groups in total. The molecule has 0 unspecified atom stereocenters. The van der Waals surface area contributed by atoms with Crippen LogP contribution in [0.15, 0.2) is 41.1 Å². The lowest BCUT2D eigenvalue weighted by Gasteiger charge is -2.16. The molecule has 1 heterocycles. The number of hydrogen-bond donors (Lipinski definition) is 0. The molecule has 2 nitrogen and oxygen atoms in total. The van der Waals surface area contributed by atoms with Crippen LogP contribution in [0.5, 0.6) is 0 Å². The van der Waals surface area contributed by atoms with Crippen molar-refractivity contribution in [3.05, 3.63) is 36.1 Å². The molecule has 0 aromatic carbocycles. The molecule has 0 amide bonds. The van der Waals surface area contributed by atoms with Crippen LogP contribution < -0.4 is 0 Å². The molecular weight excluding hydrogens is 186 g/mol. The largest absolute Gasteiger partial charge is 0.375 e. The van der Waals surface area contributed by atoms with E-state index in [9.17, 15) is 0 Å². The smallest absolute Gasteiger partial charge is 0.0890 e. The number of hydrogen-bond acceptors (Lipinski definition) is 2. The number of aliphatic imine (C=N–C) groups is 1. The topological polar surface area (TPSA) is 21.6 Å². The number of nitrogens with zero attached hydrogens (tertiary/aromatic N) is 1. The van der Waals surface area contributed by atoms with Crippen LogP contribution in [0.2, 0.25) is 0 Å². The van der Waals surface area contributed by atoms with Crippen LogP contribution in [0.1, 0.15) is 26.7 Å². The zero-order valence-corrected chi connectivity index (χ0v) is 9.57. The fourth-order valence-electron chi connectivity index (χ4n) is 1.37. The molecule has 1 saturated heterocycles. The van der Waals surface area contributed by atoms with E-state index in [4.69, 9.17) is 4.74 Å². The van der Waals surface area contributed by atoms with Crippen LogP contribution in [-0.4, -0.2) is 18.9 Å². The Labute approximate surface area is 92.1 Å². The quantitative estimate of drug-likeness (QED) is 0.693. The van der Waals surface area contributed by atoms with E-state index in [0.717, 1.165) is 25.2 Å². The fraction of sp³-hybridized carbons (Fsp3) is 0.462. The van der Waals surface area contributed by atoms with Gasteiger partial charge < -0.3 is 4.74 Å². The first kappa shape index (κ1) is 11.9. The van der Waals surface area contributed by atoms with E-state index in [1.165, 1.54) is 5.57 Å². The minimum Gasteiger partial charge on any atom is -0.375 e. The standard InChI is InChI=1S/C13H19NO/c1-3-5-6-7-12-8-10-15-11-13(12)14-9-4-2/h4-7,9H,3,8,10-11H2,1-2H3/b6-5+,9-4-,12-7-,14-13-.